The standard InChI is InChI=1S/C24H30N2O6/c1-24(2,3)32-23(29)26(15-18-11-7-5-8-12-18)16-20(21(27)30-4)25-22(28)31-17-19-13-9-6-10-14-19/h5-14,20H,15-17H2,1-4H3,(H,25,28)/t20-/m0/s1. The van der Waals surface area contributed by atoms with Crippen LogP contribution in [0, 0.1) is 0 Å². The van der Waals surface area contributed by atoms with E-state index in [1.807, 2.05) is 60.7 Å². The van der Waals surface area contributed by atoms with Gasteiger partial charge in [-0.2, -0.15) is 0 Å². The molecule has 8 heteroatoms. The zero-order valence-electron chi connectivity index (χ0n) is 18.9. The number of esters is 1. The number of nitrogens with one attached hydrogen (secondary N) is 1. The fourth-order valence-corrected chi connectivity index (χ4v) is 2.78. The number of alkyl carbamates (subject to hydrolysis) is 1. The Kier molecular flexibility index (Phi) is 9.07. The fourth-order valence-electron chi connectivity index (χ4n) is 2.78. The lowest BCUT2D eigenvalue weighted by Crippen LogP contribution is -2.51. The largest absolute Gasteiger partial charge is 0.467 e. The van der Waals surface area contributed by atoms with Crippen LogP contribution in [0.5, 0.6) is 0 Å². The van der Waals surface area contributed by atoms with Gasteiger partial charge in [-0.05, 0) is 31.9 Å². The van der Waals surface area contributed by atoms with Crippen molar-refractivity contribution in [2.75, 3.05) is 13.7 Å². The lowest BCUT2D eigenvalue weighted by atomic mass is 10.2. The van der Waals surface area contributed by atoms with Crippen LogP contribution in [0.4, 0.5) is 9.59 Å². The van der Waals surface area contributed by atoms with E-state index in [-0.39, 0.29) is 19.7 Å². The van der Waals surface area contributed by atoms with Gasteiger partial charge in [0.2, 0.25) is 0 Å². The molecular formula is C24H30N2O6. The average molecular weight is 443 g/mol. The molecule has 0 aliphatic rings. The third kappa shape index (κ3) is 8.67. The number of hydrogen-bond donors (Lipinski definition) is 1. The van der Waals surface area contributed by atoms with Gasteiger partial charge in [0.05, 0.1) is 13.7 Å². The average Bonchev–Trinajstić information content (AvgIpc) is 2.76. The first-order valence-electron chi connectivity index (χ1n) is 10.2. The normalized spacial score (nSPS) is 11.8. The van der Waals surface area contributed by atoms with Crippen LogP contribution in [0.25, 0.3) is 0 Å². The van der Waals surface area contributed by atoms with Crippen molar-refractivity contribution in [1.29, 1.82) is 0 Å². The number of hydrogen-bond acceptors (Lipinski definition) is 6. The van der Waals surface area contributed by atoms with Gasteiger partial charge >= 0.3 is 18.2 Å². The molecule has 0 aromatic heterocycles. The molecule has 8 nitrogen and oxygen atoms in total. The van der Waals surface area contributed by atoms with E-state index >= 15 is 0 Å². The van der Waals surface area contributed by atoms with E-state index in [1.165, 1.54) is 12.0 Å². The van der Waals surface area contributed by atoms with Crippen molar-refractivity contribution in [3.8, 4) is 0 Å². The summed E-state index contributed by atoms with van der Waals surface area (Å²) < 4.78 is 15.5. The lowest BCUT2D eigenvalue weighted by Gasteiger charge is -2.29. The van der Waals surface area contributed by atoms with E-state index in [2.05, 4.69) is 5.32 Å². The van der Waals surface area contributed by atoms with Crippen molar-refractivity contribution in [1.82, 2.24) is 10.2 Å². The Morgan fingerprint density at radius 2 is 1.50 bits per heavy atom. The highest BCUT2D eigenvalue weighted by atomic mass is 16.6. The molecule has 2 aromatic carbocycles. The van der Waals surface area contributed by atoms with E-state index in [9.17, 15) is 14.4 Å². The summed E-state index contributed by atoms with van der Waals surface area (Å²) >= 11 is 0. The third-order valence-electron chi connectivity index (χ3n) is 4.26. The Morgan fingerprint density at radius 3 is 2.03 bits per heavy atom. The Labute approximate surface area is 188 Å². The lowest BCUT2D eigenvalue weighted by molar-refractivity contribution is -0.143. The Bertz CT molecular complexity index is 880. The van der Waals surface area contributed by atoms with Gasteiger partial charge in [0, 0.05) is 6.54 Å². The second kappa shape index (κ2) is 11.7. The molecule has 0 aliphatic heterocycles. The Hall–Kier alpha value is -3.55. The summed E-state index contributed by atoms with van der Waals surface area (Å²) in [6.45, 7) is 5.33. The second-order valence-electron chi connectivity index (χ2n) is 8.13. The van der Waals surface area contributed by atoms with Crippen LogP contribution in [-0.2, 0) is 32.2 Å². The molecule has 0 bridgehead atoms. The molecule has 2 amide bonds. The summed E-state index contributed by atoms with van der Waals surface area (Å²) in [5, 5.41) is 2.49. The molecule has 172 valence electrons. The molecule has 0 fully saturated rings. The molecule has 0 spiro atoms. The molecule has 0 aliphatic carbocycles. The number of methoxy groups -OCH3 is 1. The Balaban J connectivity index is 2.11. The molecule has 1 atom stereocenters. The molecule has 0 heterocycles. The molecule has 2 rings (SSSR count). The molecule has 2 aromatic rings. The molecule has 0 unspecified atom stereocenters. The van der Waals surface area contributed by atoms with Crippen molar-refractivity contribution >= 4 is 18.2 Å². The van der Waals surface area contributed by atoms with E-state index < -0.39 is 29.8 Å². The first-order chi connectivity index (χ1) is 15.2. The summed E-state index contributed by atoms with van der Waals surface area (Å²) in [5.41, 5.74) is 0.916. The highest BCUT2D eigenvalue weighted by Crippen LogP contribution is 2.14. The minimum Gasteiger partial charge on any atom is -0.467 e. The smallest absolute Gasteiger partial charge is 0.410 e. The summed E-state index contributed by atoms with van der Waals surface area (Å²) in [6, 6.07) is 17.3. The first kappa shape index (κ1) is 24.7. The fraction of sp³-hybridized carbons (Fsp3) is 0.375. The van der Waals surface area contributed by atoms with Crippen molar-refractivity contribution in [3.63, 3.8) is 0 Å². The summed E-state index contributed by atoms with van der Waals surface area (Å²) in [7, 11) is 1.21. The van der Waals surface area contributed by atoms with Gasteiger partial charge in [0.1, 0.15) is 18.2 Å². The maximum atomic E-state index is 12.8. The zero-order chi connectivity index (χ0) is 23.6. The van der Waals surface area contributed by atoms with Crippen molar-refractivity contribution in [2.24, 2.45) is 0 Å². The van der Waals surface area contributed by atoms with Gasteiger partial charge in [-0.3, -0.25) is 0 Å². The monoisotopic (exact) mass is 442 g/mol. The number of nitrogens with zero attached hydrogens (tertiary/aromatic N) is 1. The number of ether oxygens (including phenoxy) is 3. The maximum absolute atomic E-state index is 12.8. The topological polar surface area (TPSA) is 94.2 Å². The van der Waals surface area contributed by atoms with Gasteiger partial charge < -0.3 is 24.4 Å². The molecule has 1 N–H and O–H groups in total. The predicted octanol–water partition coefficient (Wildman–Crippen LogP) is 3.89. The predicted molar refractivity (Wildman–Crippen MR) is 119 cm³/mol. The van der Waals surface area contributed by atoms with Crippen LogP contribution < -0.4 is 5.32 Å². The van der Waals surface area contributed by atoms with Gasteiger partial charge in [0.25, 0.3) is 0 Å². The number of rotatable bonds is 8. The van der Waals surface area contributed by atoms with Gasteiger partial charge in [-0.25, -0.2) is 14.4 Å². The number of carbonyl (C=O) groups is 3. The number of amides is 2. The van der Waals surface area contributed by atoms with Crippen LogP contribution >= 0.6 is 0 Å². The summed E-state index contributed by atoms with van der Waals surface area (Å²) in [5.74, 6) is -0.705. The van der Waals surface area contributed by atoms with Crippen molar-refractivity contribution in [3.05, 3.63) is 71.8 Å². The minimum atomic E-state index is -1.14. The zero-order valence-corrected chi connectivity index (χ0v) is 18.9. The molecular weight excluding hydrogens is 412 g/mol. The minimum absolute atomic E-state index is 0.0420. The summed E-state index contributed by atoms with van der Waals surface area (Å²) in [6.07, 6.45) is -1.41. The van der Waals surface area contributed by atoms with Crippen LogP contribution in [0.2, 0.25) is 0 Å². The Morgan fingerprint density at radius 1 is 0.938 bits per heavy atom. The quantitative estimate of drug-likeness (QED) is 0.492. The third-order valence-corrected chi connectivity index (χ3v) is 4.26. The maximum Gasteiger partial charge on any atom is 0.410 e. The van der Waals surface area contributed by atoms with E-state index in [1.54, 1.807) is 20.8 Å². The molecule has 0 saturated heterocycles. The van der Waals surface area contributed by atoms with E-state index in [0.29, 0.717) is 0 Å². The van der Waals surface area contributed by atoms with Crippen LogP contribution in [0.15, 0.2) is 60.7 Å². The van der Waals surface area contributed by atoms with Crippen molar-refractivity contribution < 1.29 is 28.6 Å². The summed E-state index contributed by atoms with van der Waals surface area (Å²) in [4.78, 5) is 38.8. The first-order valence-corrected chi connectivity index (χ1v) is 10.2. The highest BCUT2D eigenvalue weighted by molar-refractivity contribution is 5.82. The number of benzene rings is 2. The van der Waals surface area contributed by atoms with Crippen LogP contribution in [0.3, 0.4) is 0 Å². The van der Waals surface area contributed by atoms with Gasteiger partial charge in [0.15, 0.2) is 0 Å². The van der Waals surface area contributed by atoms with Crippen molar-refractivity contribution in [2.45, 2.75) is 45.6 Å². The molecule has 32 heavy (non-hydrogen) atoms. The van der Waals surface area contributed by atoms with Gasteiger partial charge in [-0.1, -0.05) is 60.7 Å². The van der Waals surface area contributed by atoms with E-state index in [4.69, 9.17) is 14.2 Å². The van der Waals surface area contributed by atoms with E-state index in [0.717, 1.165) is 11.1 Å². The number of carbonyl (C=O) groups excluding carboxylic acids is 3. The van der Waals surface area contributed by atoms with Gasteiger partial charge in [-0.15, -0.1) is 0 Å². The molecule has 0 radical (unpaired) electrons. The molecule has 0 saturated carbocycles. The van der Waals surface area contributed by atoms with Crippen LogP contribution in [0.1, 0.15) is 31.9 Å². The van der Waals surface area contributed by atoms with Crippen LogP contribution in [-0.4, -0.2) is 48.4 Å². The highest BCUT2D eigenvalue weighted by Gasteiger charge is 2.30. The second-order valence-corrected chi connectivity index (χ2v) is 8.13. The SMILES string of the molecule is COC(=O)[C@H](CN(Cc1ccccc1)C(=O)OC(C)(C)C)NC(=O)OCc1ccccc1.